The second-order valence-electron chi connectivity index (χ2n) is 8.83. The number of halogens is 2. The summed E-state index contributed by atoms with van der Waals surface area (Å²) in [4.78, 5) is 19.2. The van der Waals surface area contributed by atoms with Crippen LogP contribution in [-0.2, 0) is 10.2 Å². The van der Waals surface area contributed by atoms with E-state index in [1.54, 1.807) is 30.7 Å². The molecule has 8 heteroatoms. The fourth-order valence-electron chi connectivity index (χ4n) is 5.18. The molecule has 2 aliphatic rings. The van der Waals surface area contributed by atoms with Gasteiger partial charge in [0.2, 0.25) is 5.88 Å². The SMILES string of the molecule is Cc1c(F)cccc1[C@]1(C(=O)NO)CC[C@H](c2cnc(OCCN3CCCC3)c(F)c2)C1. The van der Waals surface area contributed by atoms with Crippen molar-refractivity contribution in [1.82, 2.24) is 15.4 Å². The maximum absolute atomic E-state index is 14.7. The summed E-state index contributed by atoms with van der Waals surface area (Å²) in [5.41, 5.74) is 2.25. The lowest BCUT2D eigenvalue weighted by atomic mass is 9.75. The Balaban J connectivity index is 1.50. The maximum atomic E-state index is 14.7. The largest absolute Gasteiger partial charge is 0.474 e. The van der Waals surface area contributed by atoms with E-state index in [2.05, 4.69) is 9.88 Å². The first kappa shape index (κ1) is 22.6. The second-order valence-corrected chi connectivity index (χ2v) is 8.83. The topological polar surface area (TPSA) is 74.7 Å². The predicted octanol–water partition coefficient (Wildman–Crippen LogP) is 3.85. The van der Waals surface area contributed by atoms with Crippen molar-refractivity contribution < 1.29 is 23.5 Å². The number of hydroxylamine groups is 1. The molecule has 1 aliphatic carbocycles. The van der Waals surface area contributed by atoms with Crippen LogP contribution in [0.25, 0.3) is 0 Å². The van der Waals surface area contributed by atoms with E-state index in [9.17, 15) is 18.8 Å². The van der Waals surface area contributed by atoms with Crippen LogP contribution in [0.2, 0.25) is 0 Å². The summed E-state index contributed by atoms with van der Waals surface area (Å²) in [6.45, 7) is 4.85. The average Bonchev–Trinajstić information content (AvgIpc) is 3.47. The molecule has 2 aromatic rings. The number of nitrogens with zero attached hydrogens (tertiary/aromatic N) is 2. The highest BCUT2D eigenvalue weighted by Gasteiger charge is 2.48. The van der Waals surface area contributed by atoms with Gasteiger partial charge < -0.3 is 4.74 Å². The summed E-state index contributed by atoms with van der Waals surface area (Å²) >= 11 is 0. The number of hydrogen-bond donors (Lipinski definition) is 2. The standard InChI is InChI=1S/C24H29F2N3O3/c1-16-19(5-4-6-20(16)25)24(23(30)28-31)8-7-17(14-24)18-13-21(26)22(27-15-18)32-12-11-29-9-2-3-10-29/h4-6,13,15,17,31H,2-3,7-12,14H2,1H3,(H,28,30)/t17-,24-/m0/s1. The number of nitrogens with one attached hydrogen (secondary N) is 1. The lowest BCUT2D eigenvalue weighted by molar-refractivity contribution is -0.135. The van der Waals surface area contributed by atoms with Gasteiger partial charge in [-0.2, -0.15) is 0 Å². The first-order chi connectivity index (χ1) is 15.4. The molecule has 1 aromatic heterocycles. The van der Waals surface area contributed by atoms with Crippen molar-refractivity contribution in [3.63, 3.8) is 0 Å². The van der Waals surface area contributed by atoms with Gasteiger partial charge in [-0.1, -0.05) is 12.1 Å². The fourth-order valence-corrected chi connectivity index (χ4v) is 5.18. The maximum Gasteiger partial charge on any atom is 0.254 e. The average molecular weight is 446 g/mol. The molecule has 1 saturated carbocycles. The van der Waals surface area contributed by atoms with Crippen molar-refractivity contribution >= 4 is 5.91 Å². The molecule has 172 valence electrons. The van der Waals surface area contributed by atoms with Gasteiger partial charge in [0.15, 0.2) is 5.82 Å². The number of benzene rings is 1. The minimum Gasteiger partial charge on any atom is -0.474 e. The number of pyridine rings is 1. The highest BCUT2D eigenvalue weighted by Crippen LogP contribution is 2.49. The number of hydrogen-bond acceptors (Lipinski definition) is 5. The zero-order valence-electron chi connectivity index (χ0n) is 18.2. The molecule has 0 unspecified atom stereocenters. The second kappa shape index (κ2) is 9.50. The van der Waals surface area contributed by atoms with Crippen LogP contribution in [0, 0.1) is 18.6 Å². The van der Waals surface area contributed by atoms with E-state index < -0.39 is 23.0 Å². The molecule has 0 spiro atoms. The van der Waals surface area contributed by atoms with Crippen molar-refractivity contribution in [2.75, 3.05) is 26.2 Å². The van der Waals surface area contributed by atoms with Crippen LogP contribution in [-0.4, -0.2) is 47.2 Å². The summed E-state index contributed by atoms with van der Waals surface area (Å²) in [6, 6.07) is 6.03. The van der Waals surface area contributed by atoms with Gasteiger partial charge in [-0.05, 0) is 86.9 Å². The Hall–Kier alpha value is -2.58. The predicted molar refractivity (Wildman–Crippen MR) is 115 cm³/mol. The highest BCUT2D eigenvalue weighted by molar-refractivity contribution is 5.88. The third kappa shape index (κ3) is 4.34. The summed E-state index contributed by atoms with van der Waals surface area (Å²) in [5, 5.41) is 9.39. The molecule has 1 amide bonds. The zero-order chi connectivity index (χ0) is 22.7. The van der Waals surface area contributed by atoms with Gasteiger partial charge in [0.05, 0.1) is 5.41 Å². The van der Waals surface area contributed by atoms with E-state index in [0.29, 0.717) is 42.6 Å². The highest BCUT2D eigenvalue weighted by atomic mass is 19.1. The van der Waals surface area contributed by atoms with Gasteiger partial charge >= 0.3 is 0 Å². The van der Waals surface area contributed by atoms with Gasteiger partial charge in [-0.25, -0.2) is 19.2 Å². The van der Waals surface area contributed by atoms with Crippen LogP contribution in [0.3, 0.4) is 0 Å². The first-order valence-electron chi connectivity index (χ1n) is 11.2. The monoisotopic (exact) mass is 445 g/mol. The molecule has 0 bridgehead atoms. The third-order valence-corrected chi connectivity index (χ3v) is 6.98. The smallest absolute Gasteiger partial charge is 0.254 e. The number of likely N-dealkylation sites (tertiary alicyclic amines) is 1. The van der Waals surface area contributed by atoms with Crippen LogP contribution in [0.15, 0.2) is 30.5 Å². The molecule has 2 N–H and O–H groups in total. The van der Waals surface area contributed by atoms with E-state index >= 15 is 0 Å². The molecular formula is C24H29F2N3O3. The molecule has 2 atom stereocenters. The summed E-state index contributed by atoms with van der Waals surface area (Å²) in [7, 11) is 0. The number of carbonyl (C=O) groups excluding carboxylic acids is 1. The van der Waals surface area contributed by atoms with Crippen molar-refractivity contribution in [2.24, 2.45) is 0 Å². The van der Waals surface area contributed by atoms with E-state index in [-0.39, 0.29) is 11.8 Å². The molecule has 1 aliphatic heterocycles. The lowest BCUT2D eigenvalue weighted by Gasteiger charge is -2.29. The Morgan fingerprint density at radius 2 is 2.09 bits per heavy atom. The van der Waals surface area contributed by atoms with Crippen molar-refractivity contribution in [3.8, 4) is 5.88 Å². The zero-order valence-corrected chi connectivity index (χ0v) is 18.2. The molecule has 1 saturated heterocycles. The van der Waals surface area contributed by atoms with Crippen LogP contribution in [0.5, 0.6) is 5.88 Å². The third-order valence-electron chi connectivity index (χ3n) is 6.98. The molecule has 1 aromatic carbocycles. The van der Waals surface area contributed by atoms with Crippen LogP contribution in [0.4, 0.5) is 8.78 Å². The number of ether oxygens (including phenoxy) is 1. The molecule has 2 heterocycles. The van der Waals surface area contributed by atoms with Gasteiger partial charge in [0.25, 0.3) is 5.91 Å². The molecule has 6 nitrogen and oxygen atoms in total. The summed E-state index contributed by atoms with van der Waals surface area (Å²) in [6.07, 6.45) is 5.27. The van der Waals surface area contributed by atoms with Crippen LogP contribution < -0.4 is 10.2 Å². The summed E-state index contributed by atoms with van der Waals surface area (Å²) < 4.78 is 34.5. The molecule has 32 heavy (non-hydrogen) atoms. The Bertz CT molecular complexity index is 981. The van der Waals surface area contributed by atoms with Gasteiger partial charge in [0.1, 0.15) is 12.4 Å². The minimum atomic E-state index is -1.09. The van der Waals surface area contributed by atoms with Crippen LogP contribution in [0.1, 0.15) is 54.7 Å². The Morgan fingerprint density at radius 1 is 1.31 bits per heavy atom. The first-order valence-corrected chi connectivity index (χ1v) is 11.2. The van der Waals surface area contributed by atoms with E-state index in [4.69, 9.17) is 4.74 Å². The molecule has 0 radical (unpaired) electrons. The molecular weight excluding hydrogens is 416 g/mol. The fraction of sp³-hybridized carbons (Fsp3) is 0.500. The van der Waals surface area contributed by atoms with E-state index in [0.717, 1.165) is 19.6 Å². The van der Waals surface area contributed by atoms with Gasteiger partial charge in [0, 0.05) is 12.7 Å². The normalized spacial score (nSPS) is 23.4. The van der Waals surface area contributed by atoms with Crippen molar-refractivity contribution in [3.05, 3.63) is 58.8 Å². The Kier molecular flexibility index (Phi) is 6.71. The Morgan fingerprint density at radius 3 is 2.81 bits per heavy atom. The summed E-state index contributed by atoms with van der Waals surface area (Å²) in [5.74, 6) is -1.69. The minimum absolute atomic E-state index is 0.0220. The van der Waals surface area contributed by atoms with Crippen molar-refractivity contribution in [1.29, 1.82) is 0 Å². The van der Waals surface area contributed by atoms with E-state index in [1.165, 1.54) is 25.0 Å². The number of amides is 1. The molecule has 4 rings (SSSR count). The number of carbonyl (C=O) groups is 1. The van der Waals surface area contributed by atoms with E-state index in [1.807, 2.05) is 0 Å². The molecule has 2 fully saturated rings. The van der Waals surface area contributed by atoms with Gasteiger partial charge in [-0.15, -0.1) is 0 Å². The quantitative estimate of drug-likeness (QED) is 0.500. The van der Waals surface area contributed by atoms with Crippen molar-refractivity contribution in [2.45, 2.75) is 50.4 Å². The number of aromatic nitrogens is 1. The van der Waals surface area contributed by atoms with Gasteiger partial charge in [-0.3, -0.25) is 14.9 Å². The van der Waals surface area contributed by atoms with Crippen LogP contribution >= 0.6 is 0 Å². The number of rotatable bonds is 7. The Labute approximate surface area is 186 Å². The lowest BCUT2D eigenvalue weighted by Crippen LogP contribution is -2.42.